The highest BCUT2D eigenvalue weighted by Crippen LogP contribution is 2.42. The van der Waals surface area contributed by atoms with Gasteiger partial charge in [-0.15, -0.1) is 5.10 Å². The summed E-state index contributed by atoms with van der Waals surface area (Å²) < 4.78 is 1.87. The van der Waals surface area contributed by atoms with Crippen LogP contribution in [-0.4, -0.2) is 19.6 Å². The summed E-state index contributed by atoms with van der Waals surface area (Å²) in [7, 11) is 0. The van der Waals surface area contributed by atoms with Crippen LogP contribution in [0.2, 0.25) is 0 Å². The van der Waals surface area contributed by atoms with E-state index in [0.29, 0.717) is 11.0 Å². The van der Waals surface area contributed by atoms with Crippen LogP contribution in [0.1, 0.15) is 46.2 Å². The third kappa shape index (κ3) is 2.53. The van der Waals surface area contributed by atoms with Gasteiger partial charge in [-0.2, -0.15) is 4.98 Å². The Hall–Kier alpha value is -1.88. The van der Waals surface area contributed by atoms with Gasteiger partial charge in [0.05, 0.1) is 0 Å². The highest BCUT2D eigenvalue weighted by molar-refractivity contribution is 7.99. The first-order valence-electron chi connectivity index (χ1n) is 8.08. The van der Waals surface area contributed by atoms with Gasteiger partial charge in [-0.25, -0.2) is 9.50 Å². The minimum atomic E-state index is 0.444. The van der Waals surface area contributed by atoms with E-state index in [0.717, 1.165) is 16.5 Å². The van der Waals surface area contributed by atoms with Gasteiger partial charge in [0.15, 0.2) is 0 Å². The molecule has 2 aromatic heterocycles. The quantitative estimate of drug-likeness (QED) is 0.708. The van der Waals surface area contributed by atoms with Gasteiger partial charge in [-0.1, -0.05) is 36.0 Å². The highest BCUT2D eigenvalue weighted by Gasteiger charge is 2.23. The summed E-state index contributed by atoms with van der Waals surface area (Å²) in [6.07, 6.45) is 3.60. The Morgan fingerprint density at radius 1 is 1.13 bits per heavy atom. The van der Waals surface area contributed by atoms with Gasteiger partial charge in [0.25, 0.3) is 5.78 Å². The van der Waals surface area contributed by atoms with Crippen LogP contribution in [0, 0.1) is 20.8 Å². The molecule has 4 rings (SSSR count). The zero-order chi connectivity index (χ0) is 16.0. The average molecular weight is 324 g/mol. The maximum Gasteiger partial charge on any atom is 0.253 e. The number of rotatable bonds is 2. The van der Waals surface area contributed by atoms with Crippen molar-refractivity contribution in [3.63, 3.8) is 0 Å². The van der Waals surface area contributed by atoms with E-state index in [1.807, 2.05) is 11.4 Å². The summed E-state index contributed by atoms with van der Waals surface area (Å²) in [4.78, 5) is 9.22. The number of thioether (sulfide) groups is 1. The summed E-state index contributed by atoms with van der Waals surface area (Å²) in [6.45, 7) is 6.19. The number of fused-ring (bicyclic) bond motifs is 2. The van der Waals surface area contributed by atoms with E-state index < -0.39 is 0 Å². The van der Waals surface area contributed by atoms with Gasteiger partial charge in [0.2, 0.25) is 5.16 Å². The summed E-state index contributed by atoms with van der Waals surface area (Å²) in [5.74, 6) is 0.706. The molecule has 23 heavy (non-hydrogen) atoms. The van der Waals surface area contributed by atoms with Crippen molar-refractivity contribution in [2.24, 2.45) is 0 Å². The Balaban J connectivity index is 1.70. The first-order chi connectivity index (χ1) is 11.1. The van der Waals surface area contributed by atoms with Crippen LogP contribution in [-0.2, 0) is 6.42 Å². The Bertz CT molecular complexity index is 884. The van der Waals surface area contributed by atoms with Crippen molar-refractivity contribution in [3.8, 4) is 0 Å². The lowest BCUT2D eigenvalue weighted by atomic mass is 9.91. The van der Waals surface area contributed by atoms with Crippen LogP contribution < -0.4 is 0 Å². The molecule has 0 fully saturated rings. The molecule has 118 valence electrons. The zero-order valence-corrected chi connectivity index (χ0v) is 14.5. The molecule has 5 heteroatoms. The molecule has 0 saturated heterocycles. The normalized spacial score (nSPS) is 17.4. The standard InChI is InChI=1S/C18H20N4S/c1-11-12(2)19-17-20-18(21-22(17)13(11)3)23-16-10-6-8-14-7-4-5-9-15(14)16/h4-5,7,9,16H,6,8,10H2,1-3H3/t16-/m1/s1. The fourth-order valence-electron chi connectivity index (χ4n) is 3.25. The van der Waals surface area contributed by atoms with E-state index in [9.17, 15) is 0 Å². The maximum absolute atomic E-state index is 4.69. The molecular formula is C18H20N4S. The van der Waals surface area contributed by atoms with Gasteiger partial charge in [-0.05, 0) is 56.7 Å². The lowest BCUT2D eigenvalue weighted by Crippen LogP contribution is -2.07. The molecule has 1 aliphatic carbocycles. The zero-order valence-electron chi connectivity index (χ0n) is 13.7. The molecular weight excluding hydrogens is 304 g/mol. The topological polar surface area (TPSA) is 43.1 Å². The minimum absolute atomic E-state index is 0.444. The Kier molecular flexibility index (Phi) is 3.60. The number of aromatic nitrogens is 4. The number of aryl methyl sites for hydroxylation is 3. The number of benzene rings is 1. The second kappa shape index (κ2) is 5.64. The number of hydrogen-bond acceptors (Lipinski definition) is 4. The third-order valence-corrected chi connectivity index (χ3v) is 5.96. The minimum Gasteiger partial charge on any atom is -0.216 e. The van der Waals surface area contributed by atoms with E-state index in [1.54, 1.807) is 11.8 Å². The lowest BCUT2D eigenvalue weighted by Gasteiger charge is -2.23. The van der Waals surface area contributed by atoms with Crippen molar-refractivity contribution in [1.29, 1.82) is 0 Å². The van der Waals surface area contributed by atoms with Gasteiger partial charge >= 0.3 is 0 Å². The maximum atomic E-state index is 4.69. The largest absolute Gasteiger partial charge is 0.253 e. The predicted octanol–water partition coefficient (Wildman–Crippen LogP) is 4.22. The summed E-state index contributed by atoms with van der Waals surface area (Å²) in [5, 5.41) is 5.96. The van der Waals surface area contributed by atoms with Crippen LogP contribution >= 0.6 is 11.8 Å². The predicted molar refractivity (Wildman–Crippen MR) is 93.0 cm³/mol. The average Bonchev–Trinajstić information content (AvgIpc) is 2.96. The molecule has 0 bridgehead atoms. The van der Waals surface area contributed by atoms with Gasteiger partial charge in [0.1, 0.15) is 0 Å². The summed E-state index contributed by atoms with van der Waals surface area (Å²) in [5.41, 5.74) is 6.25. The molecule has 3 aromatic rings. The molecule has 0 saturated carbocycles. The second-order valence-corrected chi connectivity index (χ2v) is 7.38. The number of nitrogens with zero attached hydrogens (tertiary/aromatic N) is 4. The molecule has 1 aromatic carbocycles. The molecule has 1 aliphatic rings. The monoisotopic (exact) mass is 324 g/mol. The van der Waals surface area contributed by atoms with Crippen molar-refractivity contribution < 1.29 is 0 Å². The second-order valence-electron chi connectivity index (χ2n) is 6.21. The van der Waals surface area contributed by atoms with Crippen molar-refractivity contribution >= 4 is 17.5 Å². The van der Waals surface area contributed by atoms with E-state index in [4.69, 9.17) is 0 Å². The van der Waals surface area contributed by atoms with E-state index in [-0.39, 0.29) is 0 Å². The Morgan fingerprint density at radius 3 is 2.83 bits per heavy atom. The molecule has 1 atom stereocenters. The van der Waals surface area contributed by atoms with Crippen molar-refractivity contribution in [1.82, 2.24) is 19.6 Å². The molecule has 0 N–H and O–H groups in total. The van der Waals surface area contributed by atoms with Crippen molar-refractivity contribution in [2.45, 2.75) is 50.4 Å². The van der Waals surface area contributed by atoms with Crippen LogP contribution in [0.5, 0.6) is 0 Å². The van der Waals surface area contributed by atoms with Gasteiger partial charge in [0, 0.05) is 16.6 Å². The smallest absolute Gasteiger partial charge is 0.216 e. The van der Waals surface area contributed by atoms with Crippen LogP contribution in [0.4, 0.5) is 0 Å². The van der Waals surface area contributed by atoms with E-state index in [2.05, 4.69) is 53.2 Å². The first-order valence-corrected chi connectivity index (χ1v) is 8.96. The molecule has 0 unspecified atom stereocenters. The van der Waals surface area contributed by atoms with Crippen LogP contribution in [0.3, 0.4) is 0 Å². The van der Waals surface area contributed by atoms with E-state index in [1.165, 1.54) is 36.0 Å². The van der Waals surface area contributed by atoms with Crippen molar-refractivity contribution in [3.05, 3.63) is 52.3 Å². The molecule has 0 spiro atoms. The van der Waals surface area contributed by atoms with Gasteiger partial charge in [-0.3, -0.25) is 0 Å². The third-order valence-electron chi connectivity index (χ3n) is 4.80. The molecule has 0 amide bonds. The fraction of sp³-hybridized carbons (Fsp3) is 0.389. The van der Waals surface area contributed by atoms with Crippen LogP contribution in [0.15, 0.2) is 29.4 Å². The summed E-state index contributed by atoms with van der Waals surface area (Å²) in [6, 6.07) is 8.76. The molecule has 4 nitrogen and oxygen atoms in total. The highest BCUT2D eigenvalue weighted by atomic mass is 32.2. The Morgan fingerprint density at radius 2 is 1.96 bits per heavy atom. The van der Waals surface area contributed by atoms with E-state index >= 15 is 0 Å². The first kappa shape index (κ1) is 14.7. The van der Waals surface area contributed by atoms with Crippen LogP contribution in [0.25, 0.3) is 5.78 Å². The molecule has 0 radical (unpaired) electrons. The summed E-state index contributed by atoms with van der Waals surface area (Å²) >= 11 is 1.77. The molecule has 2 heterocycles. The fourth-order valence-corrected chi connectivity index (χ4v) is 4.41. The Labute approximate surface area is 140 Å². The van der Waals surface area contributed by atoms with Gasteiger partial charge < -0.3 is 0 Å². The SMILES string of the molecule is Cc1nc2nc(S[C@@H]3CCCc4ccccc43)nn2c(C)c1C. The lowest BCUT2D eigenvalue weighted by molar-refractivity contribution is 0.671. The molecule has 0 aliphatic heterocycles. The number of hydrogen-bond donors (Lipinski definition) is 0. The van der Waals surface area contributed by atoms with Crippen molar-refractivity contribution in [2.75, 3.05) is 0 Å².